The second-order valence-electron chi connectivity index (χ2n) is 3.90. The van der Waals surface area contributed by atoms with Crippen LogP contribution in [0.2, 0.25) is 0 Å². The van der Waals surface area contributed by atoms with Crippen LogP contribution in [0.25, 0.3) is 0 Å². The van der Waals surface area contributed by atoms with Gasteiger partial charge in [-0.3, -0.25) is 0 Å². The van der Waals surface area contributed by atoms with Gasteiger partial charge < -0.3 is 0 Å². The van der Waals surface area contributed by atoms with E-state index in [0.717, 1.165) is 5.69 Å². The predicted octanol–water partition coefficient (Wildman–Crippen LogP) is 3.14. The molecule has 0 aliphatic rings. The molecule has 1 aromatic heterocycles. The van der Waals surface area contributed by atoms with Gasteiger partial charge in [-0.05, 0) is 43.7 Å². The molecule has 1 rings (SSSR count). The highest BCUT2D eigenvalue weighted by molar-refractivity contribution is 8.32. The molecule has 74 valence electrons. The minimum Gasteiger partial charge on any atom is -0.248 e. The van der Waals surface area contributed by atoms with Gasteiger partial charge >= 0.3 is 0 Å². The monoisotopic (exact) mass is 197 g/mol. The molecule has 0 fully saturated rings. The van der Waals surface area contributed by atoms with Crippen molar-refractivity contribution in [3.05, 3.63) is 23.4 Å². The van der Waals surface area contributed by atoms with Gasteiger partial charge in [0.25, 0.3) is 0 Å². The molecule has 0 bridgehead atoms. The molecule has 13 heavy (non-hydrogen) atoms. The molecule has 0 spiro atoms. The molecule has 0 saturated carbocycles. The third-order valence-electron chi connectivity index (χ3n) is 2.43. The zero-order valence-electron chi connectivity index (χ0n) is 9.22. The first-order valence-electron chi connectivity index (χ1n) is 4.62. The van der Waals surface area contributed by atoms with Crippen molar-refractivity contribution in [3.63, 3.8) is 0 Å². The van der Waals surface area contributed by atoms with E-state index in [2.05, 4.69) is 50.4 Å². The highest BCUT2D eigenvalue weighted by Crippen LogP contribution is 2.48. The molecule has 0 aliphatic heterocycles. The Labute approximate surface area is 82.9 Å². The van der Waals surface area contributed by atoms with E-state index in [1.807, 2.05) is 0 Å². The highest BCUT2D eigenvalue weighted by atomic mass is 32.3. The van der Waals surface area contributed by atoms with Gasteiger partial charge in [0, 0.05) is 5.69 Å². The second-order valence-corrected chi connectivity index (χ2v) is 7.94. The number of aryl methyl sites for hydroxylation is 2. The largest absolute Gasteiger partial charge is 0.248 e. The maximum absolute atomic E-state index is 4.65. The number of aromatic nitrogens is 1. The fraction of sp³-hybridized carbons (Fsp3) is 0.545. The molecular formula is C11H19NS. The van der Waals surface area contributed by atoms with Crippen LogP contribution >= 0.6 is 10.0 Å². The molecule has 0 aromatic carbocycles. The Morgan fingerprint density at radius 3 is 2.38 bits per heavy atom. The normalized spacial score (nSPS) is 13.0. The van der Waals surface area contributed by atoms with E-state index in [0.29, 0.717) is 0 Å². The number of hydrogen-bond donors (Lipinski definition) is 0. The summed E-state index contributed by atoms with van der Waals surface area (Å²) in [4.78, 5) is 4.65. The highest BCUT2D eigenvalue weighted by Gasteiger charge is 2.16. The molecule has 1 nitrogen and oxygen atoms in total. The number of nitrogens with zero attached hydrogens (tertiary/aromatic N) is 1. The van der Waals surface area contributed by atoms with Crippen LogP contribution in [0, 0.1) is 13.8 Å². The molecule has 1 heterocycles. The van der Waals surface area contributed by atoms with Crippen molar-refractivity contribution in [2.75, 3.05) is 18.3 Å². The zero-order valence-corrected chi connectivity index (χ0v) is 10.0. The van der Waals surface area contributed by atoms with Gasteiger partial charge in [-0.2, -0.15) is 0 Å². The van der Waals surface area contributed by atoms with E-state index in [1.54, 1.807) is 0 Å². The van der Waals surface area contributed by atoms with Crippen molar-refractivity contribution in [3.8, 4) is 0 Å². The van der Waals surface area contributed by atoms with Crippen LogP contribution in [0.4, 0.5) is 0 Å². The number of rotatable bonds is 2. The molecular weight excluding hydrogens is 178 g/mol. The number of hydrogen-bond acceptors (Lipinski definition) is 1. The maximum Gasteiger partial charge on any atom is 0.0817 e. The summed E-state index contributed by atoms with van der Waals surface area (Å²) >= 11 is 0. The van der Waals surface area contributed by atoms with Crippen LogP contribution in [0.3, 0.4) is 0 Å². The lowest BCUT2D eigenvalue weighted by Gasteiger charge is -2.30. The molecule has 0 aliphatic carbocycles. The fourth-order valence-corrected chi connectivity index (χ4v) is 2.90. The molecule has 1 aromatic rings. The molecule has 0 saturated heterocycles. The van der Waals surface area contributed by atoms with Gasteiger partial charge in [-0.15, -0.1) is 0 Å². The lowest BCUT2D eigenvalue weighted by Crippen LogP contribution is -2.04. The minimum atomic E-state index is -0.662. The summed E-state index contributed by atoms with van der Waals surface area (Å²) in [6, 6.07) is 4.27. The van der Waals surface area contributed by atoms with Crippen LogP contribution in [-0.2, 0) is 0 Å². The lowest BCUT2D eigenvalue weighted by molar-refractivity contribution is 1.01. The summed E-state index contributed by atoms with van der Waals surface area (Å²) in [6.45, 7) is 6.47. The van der Waals surface area contributed by atoms with E-state index in [9.17, 15) is 0 Å². The Hall–Kier alpha value is -0.500. The maximum atomic E-state index is 4.65. The Kier molecular flexibility index (Phi) is 3.01. The first-order chi connectivity index (χ1) is 5.97. The fourth-order valence-electron chi connectivity index (χ4n) is 1.30. The Balaban J connectivity index is 3.20. The summed E-state index contributed by atoms with van der Waals surface area (Å²) in [5, 5.41) is 1.33. The summed E-state index contributed by atoms with van der Waals surface area (Å²) in [5.74, 6) is 1.21. The minimum absolute atomic E-state index is 0.662. The van der Waals surface area contributed by atoms with Gasteiger partial charge in [0.05, 0.1) is 5.03 Å². The van der Waals surface area contributed by atoms with E-state index < -0.39 is 10.0 Å². The van der Waals surface area contributed by atoms with E-state index in [-0.39, 0.29) is 0 Å². The van der Waals surface area contributed by atoms with Crippen molar-refractivity contribution < 1.29 is 0 Å². The molecule has 0 unspecified atom stereocenters. The third kappa shape index (κ3) is 2.25. The van der Waals surface area contributed by atoms with Crippen molar-refractivity contribution in [1.82, 2.24) is 4.98 Å². The lowest BCUT2D eigenvalue weighted by atomic mass is 10.3. The first kappa shape index (κ1) is 10.6. The van der Waals surface area contributed by atoms with Crippen LogP contribution < -0.4 is 0 Å². The Bertz CT molecular complexity index is 305. The molecule has 2 heteroatoms. The van der Waals surface area contributed by atoms with Crippen LogP contribution in [0.15, 0.2) is 17.2 Å². The van der Waals surface area contributed by atoms with Crippen LogP contribution in [0.1, 0.15) is 18.2 Å². The first-order valence-corrected chi connectivity index (χ1v) is 7.24. The standard InChI is InChI=1S/C11H19NS/c1-6-13(4,5)11-9(2)7-8-10(3)12-11/h7-8H,6H2,1-5H3. The molecule has 0 N–H and O–H groups in total. The van der Waals surface area contributed by atoms with Crippen molar-refractivity contribution in [2.45, 2.75) is 25.8 Å². The number of pyridine rings is 1. The second kappa shape index (κ2) is 3.70. The van der Waals surface area contributed by atoms with Crippen molar-refractivity contribution in [1.29, 1.82) is 0 Å². The Morgan fingerprint density at radius 1 is 1.23 bits per heavy atom. The summed E-state index contributed by atoms with van der Waals surface area (Å²) < 4.78 is 0. The predicted molar refractivity (Wildman–Crippen MR) is 62.0 cm³/mol. The van der Waals surface area contributed by atoms with Crippen LogP contribution in [-0.4, -0.2) is 23.2 Å². The van der Waals surface area contributed by atoms with E-state index >= 15 is 0 Å². The van der Waals surface area contributed by atoms with Crippen molar-refractivity contribution >= 4 is 10.0 Å². The van der Waals surface area contributed by atoms with E-state index in [1.165, 1.54) is 16.3 Å². The van der Waals surface area contributed by atoms with Crippen molar-refractivity contribution in [2.24, 2.45) is 0 Å². The topological polar surface area (TPSA) is 12.9 Å². The Morgan fingerprint density at radius 2 is 1.85 bits per heavy atom. The molecule has 0 amide bonds. The van der Waals surface area contributed by atoms with Gasteiger partial charge in [-0.25, -0.2) is 15.0 Å². The molecule has 0 radical (unpaired) electrons. The van der Waals surface area contributed by atoms with Gasteiger partial charge in [0.15, 0.2) is 0 Å². The van der Waals surface area contributed by atoms with Gasteiger partial charge in [0.2, 0.25) is 0 Å². The smallest absolute Gasteiger partial charge is 0.0817 e. The average Bonchev–Trinajstić information content (AvgIpc) is 2.09. The SMILES string of the molecule is CCS(C)(C)c1nc(C)ccc1C. The molecule has 0 atom stereocenters. The summed E-state index contributed by atoms with van der Waals surface area (Å²) in [6.07, 6.45) is 4.67. The quantitative estimate of drug-likeness (QED) is 0.710. The zero-order chi connectivity index (χ0) is 10.1. The van der Waals surface area contributed by atoms with Gasteiger partial charge in [-0.1, -0.05) is 13.0 Å². The van der Waals surface area contributed by atoms with Gasteiger partial charge in [0.1, 0.15) is 0 Å². The van der Waals surface area contributed by atoms with Crippen LogP contribution in [0.5, 0.6) is 0 Å². The van der Waals surface area contributed by atoms with E-state index in [4.69, 9.17) is 0 Å². The summed E-state index contributed by atoms with van der Waals surface area (Å²) in [5.41, 5.74) is 2.47. The summed E-state index contributed by atoms with van der Waals surface area (Å²) in [7, 11) is -0.662. The third-order valence-corrected chi connectivity index (χ3v) is 5.34. The average molecular weight is 197 g/mol.